The lowest BCUT2D eigenvalue weighted by Gasteiger charge is -2.16. The van der Waals surface area contributed by atoms with E-state index in [1.807, 2.05) is 0 Å². The van der Waals surface area contributed by atoms with Gasteiger partial charge in [-0.05, 0) is 19.8 Å². The van der Waals surface area contributed by atoms with Crippen LogP contribution in [0.25, 0.3) is 0 Å². The molecule has 0 aliphatic rings. The van der Waals surface area contributed by atoms with Gasteiger partial charge in [0.2, 0.25) is 5.91 Å². The van der Waals surface area contributed by atoms with Gasteiger partial charge in [-0.3, -0.25) is 4.79 Å². The van der Waals surface area contributed by atoms with Crippen molar-refractivity contribution < 1.29 is 18.0 Å². The molecule has 0 radical (unpaired) electrons. The van der Waals surface area contributed by atoms with Crippen molar-refractivity contribution in [3.05, 3.63) is 0 Å². The highest BCUT2D eigenvalue weighted by molar-refractivity contribution is 5.77. The van der Waals surface area contributed by atoms with Crippen molar-refractivity contribution >= 4 is 5.91 Å². The Balaban J connectivity index is 3.60. The lowest BCUT2D eigenvalue weighted by molar-refractivity contribution is -0.136. The minimum atomic E-state index is -4.08. The second-order valence-corrected chi connectivity index (χ2v) is 4.08. The lowest BCUT2D eigenvalue weighted by atomic mass is 10.1. The maximum Gasteiger partial charge on any atom is 0.389 e. The second-order valence-electron chi connectivity index (χ2n) is 4.08. The number of carbonyl (C=O) groups excluding carboxylic acids is 1. The number of amides is 1. The van der Waals surface area contributed by atoms with Crippen LogP contribution in [0.2, 0.25) is 0 Å². The van der Waals surface area contributed by atoms with Crippen molar-refractivity contribution in [3.8, 4) is 0 Å². The van der Waals surface area contributed by atoms with Crippen LogP contribution in [0.3, 0.4) is 0 Å². The average Bonchev–Trinajstić information content (AvgIpc) is 2.11. The first-order chi connectivity index (χ1) is 7.22. The molecule has 1 amide bonds. The van der Waals surface area contributed by atoms with Crippen molar-refractivity contribution in [2.24, 2.45) is 0 Å². The summed E-state index contributed by atoms with van der Waals surface area (Å²) >= 11 is 0. The molecule has 1 unspecified atom stereocenters. The fourth-order valence-electron chi connectivity index (χ4n) is 1.13. The van der Waals surface area contributed by atoms with Gasteiger partial charge < -0.3 is 10.2 Å². The molecule has 0 fully saturated rings. The number of hydrogen-bond acceptors (Lipinski definition) is 2. The Kier molecular flexibility index (Phi) is 6.40. The molecular weight excluding hydrogens is 221 g/mol. The molecule has 0 bridgehead atoms. The predicted molar refractivity (Wildman–Crippen MR) is 56.1 cm³/mol. The number of carbonyl (C=O) groups is 1. The van der Waals surface area contributed by atoms with Crippen LogP contribution >= 0.6 is 0 Å². The van der Waals surface area contributed by atoms with Crippen LogP contribution in [0.1, 0.15) is 26.2 Å². The van der Waals surface area contributed by atoms with Crippen LogP contribution in [0.5, 0.6) is 0 Å². The molecule has 0 heterocycles. The van der Waals surface area contributed by atoms with E-state index in [0.29, 0.717) is 6.42 Å². The second kappa shape index (κ2) is 6.73. The van der Waals surface area contributed by atoms with Crippen molar-refractivity contribution in [3.63, 3.8) is 0 Å². The monoisotopic (exact) mass is 240 g/mol. The van der Waals surface area contributed by atoms with Crippen LogP contribution < -0.4 is 5.32 Å². The Morgan fingerprint density at radius 2 is 1.94 bits per heavy atom. The molecular formula is C10H19F3N2O. The van der Waals surface area contributed by atoms with Gasteiger partial charge in [-0.1, -0.05) is 0 Å². The van der Waals surface area contributed by atoms with E-state index in [2.05, 4.69) is 5.32 Å². The van der Waals surface area contributed by atoms with Crippen LogP contribution in [-0.4, -0.2) is 43.7 Å². The fraction of sp³-hybridized carbons (Fsp3) is 0.900. The highest BCUT2D eigenvalue weighted by atomic mass is 19.4. The maximum absolute atomic E-state index is 11.8. The van der Waals surface area contributed by atoms with Crippen LogP contribution in [-0.2, 0) is 4.79 Å². The van der Waals surface area contributed by atoms with Gasteiger partial charge >= 0.3 is 6.18 Å². The molecule has 16 heavy (non-hydrogen) atoms. The van der Waals surface area contributed by atoms with Crippen LogP contribution in [0.15, 0.2) is 0 Å². The predicted octanol–water partition coefficient (Wildman–Crippen LogP) is 1.79. The van der Waals surface area contributed by atoms with Crippen LogP contribution in [0.4, 0.5) is 13.2 Å². The molecule has 0 aromatic carbocycles. The molecule has 0 aliphatic carbocycles. The summed E-state index contributed by atoms with van der Waals surface area (Å²) in [7, 11) is 3.27. The minimum Gasteiger partial charge on any atom is -0.348 e. The molecule has 3 nitrogen and oxygen atoms in total. The molecule has 6 heteroatoms. The van der Waals surface area contributed by atoms with E-state index < -0.39 is 12.6 Å². The number of halogens is 3. The molecule has 0 rings (SSSR count). The lowest BCUT2D eigenvalue weighted by Crippen LogP contribution is -2.37. The van der Waals surface area contributed by atoms with E-state index >= 15 is 0 Å². The Morgan fingerprint density at radius 1 is 1.38 bits per heavy atom. The molecule has 0 aromatic rings. The SMILES string of the molecule is CC(CCCC(F)(F)F)NCC(=O)N(C)C. The summed E-state index contributed by atoms with van der Waals surface area (Å²) in [5.41, 5.74) is 0. The standard InChI is InChI=1S/C10H19F3N2O/c1-8(5-4-6-10(11,12)13)14-7-9(16)15(2)3/h8,14H,4-7H2,1-3H3. The summed E-state index contributed by atoms with van der Waals surface area (Å²) in [6, 6.07) is -0.0775. The van der Waals surface area contributed by atoms with Gasteiger partial charge in [-0.15, -0.1) is 0 Å². The largest absolute Gasteiger partial charge is 0.389 e. The van der Waals surface area contributed by atoms with Gasteiger partial charge in [0.1, 0.15) is 0 Å². The zero-order valence-corrected chi connectivity index (χ0v) is 9.90. The minimum absolute atomic E-state index is 0.0775. The molecule has 0 saturated heterocycles. The average molecular weight is 240 g/mol. The Hall–Kier alpha value is -0.780. The molecule has 0 saturated carbocycles. The van der Waals surface area contributed by atoms with E-state index in [9.17, 15) is 18.0 Å². The van der Waals surface area contributed by atoms with Gasteiger partial charge in [0.25, 0.3) is 0 Å². The van der Waals surface area contributed by atoms with Gasteiger partial charge in [0.15, 0.2) is 0 Å². The molecule has 0 spiro atoms. The van der Waals surface area contributed by atoms with E-state index in [-0.39, 0.29) is 24.9 Å². The van der Waals surface area contributed by atoms with Crippen molar-refractivity contribution in [2.75, 3.05) is 20.6 Å². The maximum atomic E-state index is 11.8. The first kappa shape index (κ1) is 15.2. The van der Waals surface area contributed by atoms with Crippen LogP contribution in [0, 0.1) is 0 Å². The first-order valence-corrected chi connectivity index (χ1v) is 5.22. The third-order valence-electron chi connectivity index (χ3n) is 2.20. The van der Waals surface area contributed by atoms with E-state index in [0.717, 1.165) is 0 Å². The highest BCUT2D eigenvalue weighted by Gasteiger charge is 2.26. The van der Waals surface area contributed by atoms with Gasteiger partial charge in [-0.25, -0.2) is 0 Å². The Bertz CT molecular complexity index is 217. The normalized spacial score (nSPS) is 13.6. The number of nitrogens with zero attached hydrogens (tertiary/aromatic N) is 1. The smallest absolute Gasteiger partial charge is 0.348 e. The summed E-state index contributed by atoms with van der Waals surface area (Å²) in [5, 5.41) is 2.89. The van der Waals surface area contributed by atoms with Gasteiger partial charge in [0.05, 0.1) is 6.54 Å². The zero-order valence-electron chi connectivity index (χ0n) is 9.90. The number of likely N-dealkylation sites (N-methyl/N-ethyl adjacent to an activating group) is 1. The van der Waals surface area contributed by atoms with E-state index in [4.69, 9.17) is 0 Å². The van der Waals surface area contributed by atoms with Crippen molar-refractivity contribution in [1.82, 2.24) is 10.2 Å². The number of rotatable bonds is 6. The molecule has 1 atom stereocenters. The summed E-state index contributed by atoms with van der Waals surface area (Å²) in [6.45, 7) is 1.94. The fourth-order valence-corrected chi connectivity index (χ4v) is 1.13. The van der Waals surface area contributed by atoms with Crippen molar-refractivity contribution in [2.45, 2.75) is 38.4 Å². The summed E-state index contributed by atoms with van der Waals surface area (Å²) < 4.78 is 35.5. The van der Waals surface area contributed by atoms with Gasteiger partial charge in [-0.2, -0.15) is 13.2 Å². The molecule has 0 aliphatic heterocycles. The van der Waals surface area contributed by atoms with Crippen molar-refractivity contribution in [1.29, 1.82) is 0 Å². The quantitative estimate of drug-likeness (QED) is 0.767. The van der Waals surface area contributed by atoms with E-state index in [1.165, 1.54) is 4.90 Å². The molecule has 0 aromatic heterocycles. The molecule has 1 N–H and O–H groups in total. The Labute approximate surface area is 94.0 Å². The third-order valence-corrected chi connectivity index (χ3v) is 2.20. The summed E-state index contributed by atoms with van der Waals surface area (Å²) in [5.74, 6) is -0.0809. The number of hydrogen-bond donors (Lipinski definition) is 1. The topological polar surface area (TPSA) is 32.3 Å². The first-order valence-electron chi connectivity index (χ1n) is 5.22. The third kappa shape index (κ3) is 8.52. The highest BCUT2D eigenvalue weighted by Crippen LogP contribution is 2.22. The number of alkyl halides is 3. The van der Waals surface area contributed by atoms with Gasteiger partial charge in [0, 0.05) is 26.6 Å². The zero-order chi connectivity index (χ0) is 12.8. The molecule has 96 valence electrons. The summed E-state index contributed by atoms with van der Waals surface area (Å²) in [4.78, 5) is 12.6. The summed E-state index contributed by atoms with van der Waals surface area (Å²) in [6.07, 6.45) is -4.34. The van der Waals surface area contributed by atoms with E-state index in [1.54, 1.807) is 21.0 Å². The Morgan fingerprint density at radius 3 is 2.38 bits per heavy atom. The number of nitrogens with one attached hydrogen (secondary N) is 1.